The Hall–Kier alpha value is -2.89. The van der Waals surface area contributed by atoms with Gasteiger partial charge in [-0.2, -0.15) is 0 Å². The van der Waals surface area contributed by atoms with E-state index in [1.807, 2.05) is 19.1 Å². The molecule has 0 saturated carbocycles. The minimum atomic E-state index is -0.598. The molecule has 0 fully saturated rings. The lowest BCUT2D eigenvalue weighted by atomic mass is 10.1. The predicted octanol–water partition coefficient (Wildman–Crippen LogP) is 2.75. The largest absolute Gasteiger partial charge is 0.496 e. The van der Waals surface area contributed by atoms with Crippen molar-refractivity contribution < 1.29 is 18.7 Å². The van der Waals surface area contributed by atoms with Crippen LogP contribution in [-0.2, 0) is 4.79 Å². The molecule has 132 valence electrons. The van der Waals surface area contributed by atoms with Gasteiger partial charge in [-0.15, -0.1) is 0 Å². The molecule has 1 unspecified atom stereocenters. The van der Waals surface area contributed by atoms with Crippen molar-refractivity contribution in [3.8, 4) is 5.75 Å². The van der Waals surface area contributed by atoms with Crippen LogP contribution in [0.5, 0.6) is 5.75 Å². The molecule has 0 bridgehead atoms. The molecule has 25 heavy (non-hydrogen) atoms. The Morgan fingerprint density at radius 2 is 1.88 bits per heavy atom. The van der Waals surface area contributed by atoms with Gasteiger partial charge in [-0.25, -0.2) is 4.39 Å². The van der Waals surface area contributed by atoms with E-state index in [4.69, 9.17) is 4.74 Å². The number of halogens is 1. The fraction of sp³-hybridized carbons (Fsp3) is 0.263. The van der Waals surface area contributed by atoms with Gasteiger partial charge in [0.1, 0.15) is 11.6 Å². The molecule has 0 saturated heterocycles. The number of aryl methyl sites for hydroxylation is 1. The molecule has 0 aliphatic heterocycles. The van der Waals surface area contributed by atoms with Crippen LogP contribution in [0.3, 0.4) is 0 Å². The van der Waals surface area contributed by atoms with Gasteiger partial charge in [0.15, 0.2) is 0 Å². The van der Waals surface area contributed by atoms with E-state index in [0.717, 1.165) is 5.56 Å². The van der Waals surface area contributed by atoms with E-state index in [0.29, 0.717) is 11.3 Å². The van der Waals surface area contributed by atoms with Gasteiger partial charge in [0.2, 0.25) is 5.91 Å². The Bertz CT molecular complexity index is 777. The summed E-state index contributed by atoms with van der Waals surface area (Å²) in [5.41, 5.74) is 1.60. The summed E-state index contributed by atoms with van der Waals surface area (Å²) in [5.74, 6) is -0.850. The Morgan fingerprint density at radius 1 is 1.16 bits per heavy atom. The van der Waals surface area contributed by atoms with Crippen LogP contribution in [0.15, 0.2) is 42.5 Å². The molecule has 0 spiro atoms. The van der Waals surface area contributed by atoms with Crippen molar-refractivity contribution in [2.24, 2.45) is 0 Å². The van der Waals surface area contributed by atoms with Gasteiger partial charge in [-0.3, -0.25) is 9.59 Å². The van der Waals surface area contributed by atoms with Crippen LogP contribution < -0.4 is 15.4 Å². The van der Waals surface area contributed by atoms with Crippen molar-refractivity contribution in [1.82, 2.24) is 10.6 Å². The van der Waals surface area contributed by atoms with Crippen LogP contribution in [0.1, 0.15) is 34.5 Å². The number of carbonyl (C=O) groups excluding carboxylic acids is 2. The summed E-state index contributed by atoms with van der Waals surface area (Å²) in [5, 5.41) is 5.22. The van der Waals surface area contributed by atoms with Crippen LogP contribution >= 0.6 is 0 Å². The molecule has 0 radical (unpaired) electrons. The van der Waals surface area contributed by atoms with Crippen molar-refractivity contribution in [2.75, 3.05) is 13.7 Å². The van der Waals surface area contributed by atoms with E-state index < -0.39 is 17.8 Å². The highest BCUT2D eigenvalue weighted by atomic mass is 19.1. The highest BCUT2D eigenvalue weighted by molar-refractivity contribution is 5.97. The first kappa shape index (κ1) is 18.4. The summed E-state index contributed by atoms with van der Waals surface area (Å²) in [7, 11) is 1.44. The molecule has 2 N–H and O–H groups in total. The molecule has 0 heterocycles. The Kier molecular flexibility index (Phi) is 6.11. The third-order valence-corrected chi connectivity index (χ3v) is 3.84. The topological polar surface area (TPSA) is 67.4 Å². The Labute approximate surface area is 146 Å². The van der Waals surface area contributed by atoms with Crippen LogP contribution in [-0.4, -0.2) is 25.5 Å². The Morgan fingerprint density at radius 3 is 2.56 bits per heavy atom. The zero-order valence-corrected chi connectivity index (χ0v) is 14.4. The first-order valence-corrected chi connectivity index (χ1v) is 7.89. The van der Waals surface area contributed by atoms with Gasteiger partial charge in [0.25, 0.3) is 5.91 Å². The zero-order chi connectivity index (χ0) is 18.4. The third-order valence-electron chi connectivity index (χ3n) is 3.84. The molecule has 2 aromatic rings. The van der Waals surface area contributed by atoms with Crippen LogP contribution in [0, 0.1) is 12.7 Å². The summed E-state index contributed by atoms with van der Waals surface area (Å²) < 4.78 is 19.2. The van der Waals surface area contributed by atoms with E-state index in [1.165, 1.54) is 19.2 Å². The lowest BCUT2D eigenvalue weighted by molar-refractivity contribution is -0.120. The van der Waals surface area contributed by atoms with E-state index in [-0.39, 0.29) is 18.0 Å². The molecular weight excluding hydrogens is 323 g/mol. The normalized spacial score (nSPS) is 11.5. The maximum Gasteiger partial charge on any atom is 0.251 e. The van der Waals surface area contributed by atoms with Crippen molar-refractivity contribution in [3.63, 3.8) is 0 Å². The number of ether oxygens (including phenoxy) is 1. The van der Waals surface area contributed by atoms with Crippen molar-refractivity contribution in [1.29, 1.82) is 0 Å². The number of methoxy groups -OCH3 is 1. The number of amides is 2. The molecule has 6 heteroatoms. The molecule has 1 atom stereocenters. The molecule has 2 amide bonds. The predicted molar refractivity (Wildman–Crippen MR) is 93.0 cm³/mol. The smallest absolute Gasteiger partial charge is 0.251 e. The summed E-state index contributed by atoms with van der Waals surface area (Å²) in [6.07, 6.45) is 0. The SMILES string of the molecule is COc1cccc(F)c1C(C)NC(=O)CNC(=O)c1ccccc1C. The number of hydrogen-bond donors (Lipinski definition) is 2. The molecule has 5 nitrogen and oxygen atoms in total. The summed E-state index contributed by atoms with van der Waals surface area (Å²) in [6, 6.07) is 11.0. The maximum absolute atomic E-state index is 14.0. The first-order chi connectivity index (χ1) is 11.9. The van der Waals surface area contributed by atoms with E-state index in [2.05, 4.69) is 10.6 Å². The lowest BCUT2D eigenvalue weighted by Crippen LogP contribution is -2.38. The lowest BCUT2D eigenvalue weighted by Gasteiger charge is -2.18. The van der Waals surface area contributed by atoms with E-state index in [9.17, 15) is 14.0 Å². The standard InChI is InChI=1S/C19H21FN2O3/c1-12-7-4-5-8-14(12)19(24)21-11-17(23)22-13(2)18-15(20)9-6-10-16(18)25-3/h4-10,13H,11H2,1-3H3,(H,21,24)(H,22,23). The third kappa shape index (κ3) is 4.56. The van der Waals surface area contributed by atoms with Crippen LogP contribution in [0.2, 0.25) is 0 Å². The monoisotopic (exact) mass is 344 g/mol. The molecule has 2 aromatic carbocycles. The fourth-order valence-electron chi connectivity index (χ4n) is 2.56. The van der Waals surface area contributed by atoms with Gasteiger partial charge in [0, 0.05) is 5.56 Å². The van der Waals surface area contributed by atoms with Crippen LogP contribution in [0.4, 0.5) is 4.39 Å². The van der Waals surface area contributed by atoms with E-state index in [1.54, 1.807) is 25.1 Å². The fourth-order valence-corrected chi connectivity index (χ4v) is 2.56. The van der Waals surface area contributed by atoms with Gasteiger partial charge in [-0.05, 0) is 37.6 Å². The molecule has 0 aliphatic carbocycles. The molecule has 0 aromatic heterocycles. The maximum atomic E-state index is 14.0. The minimum Gasteiger partial charge on any atom is -0.496 e. The summed E-state index contributed by atoms with van der Waals surface area (Å²) in [4.78, 5) is 24.2. The highest BCUT2D eigenvalue weighted by Crippen LogP contribution is 2.27. The second-order valence-corrected chi connectivity index (χ2v) is 5.64. The van der Waals surface area contributed by atoms with Crippen molar-refractivity contribution in [3.05, 3.63) is 65.0 Å². The molecule has 2 rings (SSSR count). The summed E-state index contributed by atoms with van der Waals surface area (Å²) >= 11 is 0. The summed E-state index contributed by atoms with van der Waals surface area (Å²) in [6.45, 7) is 3.28. The van der Waals surface area contributed by atoms with Gasteiger partial charge in [0.05, 0.1) is 25.3 Å². The number of hydrogen-bond acceptors (Lipinski definition) is 3. The highest BCUT2D eigenvalue weighted by Gasteiger charge is 2.18. The number of rotatable bonds is 6. The van der Waals surface area contributed by atoms with E-state index >= 15 is 0 Å². The number of nitrogens with one attached hydrogen (secondary N) is 2. The van der Waals surface area contributed by atoms with Gasteiger partial charge < -0.3 is 15.4 Å². The van der Waals surface area contributed by atoms with Crippen LogP contribution in [0.25, 0.3) is 0 Å². The number of benzene rings is 2. The first-order valence-electron chi connectivity index (χ1n) is 7.89. The average Bonchev–Trinajstić information content (AvgIpc) is 2.59. The van der Waals surface area contributed by atoms with Gasteiger partial charge >= 0.3 is 0 Å². The molecular formula is C19H21FN2O3. The quantitative estimate of drug-likeness (QED) is 0.847. The second kappa shape index (κ2) is 8.28. The Balaban J connectivity index is 1.97. The second-order valence-electron chi connectivity index (χ2n) is 5.64. The molecule has 0 aliphatic rings. The zero-order valence-electron chi connectivity index (χ0n) is 14.4. The number of carbonyl (C=O) groups is 2. The van der Waals surface area contributed by atoms with Crippen molar-refractivity contribution >= 4 is 11.8 Å². The minimum absolute atomic E-state index is 0.200. The van der Waals surface area contributed by atoms with Crippen molar-refractivity contribution in [2.45, 2.75) is 19.9 Å². The van der Waals surface area contributed by atoms with Gasteiger partial charge in [-0.1, -0.05) is 24.3 Å². The average molecular weight is 344 g/mol.